The van der Waals surface area contributed by atoms with Crippen LogP contribution in [0.4, 0.5) is 0 Å². The van der Waals surface area contributed by atoms with Crippen LogP contribution < -0.4 is 0 Å². The molecule has 23 heavy (non-hydrogen) atoms. The molecule has 0 aliphatic carbocycles. The fraction of sp³-hybridized carbons (Fsp3) is 0.125. The van der Waals surface area contributed by atoms with Crippen LogP contribution in [0, 0.1) is 0 Å². The first-order valence-electron chi connectivity index (χ1n) is 7.24. The number of imidazole rings is 1. The number of rotatable bonds is 3. The number of aromatic nitrogens is 5. The number of benzene rings is 1. The van der Waals surface area contributed by atoms with Gasteiger partial charge in [0.2, 0.25) is 5.95 Å². The molecular weight excluding hydrogens is 294 g/mol. The predicted molar refractivity (Wildman–Crippen MR) is 84.5 cm³/mol. The van der Waals surface area contributed by atoms with Crippen LogP contribution in [-0.4, -0.2) is 37.3 Å². The highest BCUT2D eigenvalue weighted by Gasteiger charge is 2.21. The number of hydrogen-bond acceptors (Lipinski definition) is 5. The Kier molecular flexibility index (Phi) is 3.04. The van der Waals surface area contributed by atoms with Gasteiger partial charge in [0, 0.05) is 6.20 Å². The number of nitrogens with one attached hydrogen (secondary N) is 1. The molecule has 7 heteroatoms. The minimum absolute atomic E-state index is 0.232. The lowest BCUT2D eigenvalue weighted by molar-refractivity contribution is 0.0521. The van der Waals surface area contributed by atoms with Crippen LogP contribution >= 0.6 is 0 Å². The van der Waals surface area contributed by atoms with E-state index >= 15 is 0 Å². The highest BCUT2D eigenvalue weighted by atomic mass is 16.5. The predicted octanol–water partition coefficient (Wildman–Crippen LogP) is 2.47. The summed E-state index contributed by atoms with van der Waals surface area (Å²) in [6.07, 6.45) is 1.65. The number of ether oxygens (including phenoxy) is 1. The van der Waals surface area contributed by atoms with Gasteiger partial charge in [0.05, 0.1) is 23.0 Å². The molecule has 0 bridgehead atoms. The summed E-state index contributed by atoms with van der Waals surface area (Å²) in [6.45, 7) is 2.05. The third kappa shape index (κ3) is 2.13. The topological polar surface area (TPSA) is 85.7 Å². The van der Waals surface area contributed by atoms with E-state index in [1.165, 1.54) is 4.68 Å². The first kappa shape index (κ1) is 13.4. The molecule has 4 rings (SSSR count). The first-order chi connectivity index (χ1) is 11.3. The fourth-order valence-electron chi connectivity index (χ4n) is 2.49. The maximum Gasteiger partial charge on any atom is 0.359 e. The Hall–Kier alpha value is -3.22. The van der Waals surface area contributed by atoms with Gasteiger partial charge in [0.25, 0.3) is 0 Å². The van der Waals surface area contributed by atoms with Crippen LogP contribution in [0.15, 0.2) is 42.6 Å². The lowest BCUT2D eigenvalue weighted by Gasteiger charge is -1.97. The quantitative estimate of drug-likeness (QED) is 0.588. The van der Waals surface area contributed by atoms with Crippen LogP contribution in [-0.2, 0) is 4.74 Å². The minimum atomic E-state index is -0.472. The van der Waals surface area contributed by atoms with Gasteiger partial charge in [-0.1, -0.05) is 12.1 Å². The number of esters is 1. The van der Waals surface area contributed by atoms with Crippen molar-refractivity contribution in [2.45, 2.75) is 6.92 Å². The highest BCUT2D eigenvalue weighted by molar-refractivity contribution is 6.01. The Morgan fingerprint density at radius 2 is 2.13 bits per heavy atom. The van der Waals surface area contributed by atoms with E-state index < -0.39 is 5.97 Å². The third-order valence-electron chi connectivity index (χ3n) is 3.49. The van der Waals surface area contributed by atoms with Gasteiger partial charge in [-0.05, 0) is 31.2 Å². The number of carbonyl (C=O) groups is 1. The minimum Gasteiger partial charge on any atom is -0.461 e. The molecule has 0 aliphatic heterocycles. The third-order valence-corrected chi connectivity index (χ3v) is 3.49. The lowest BCUT2D eigenvalue weighted by Crippen LogP contribution is -2.07. The molecule has 0 amide bonds. The molecule has 114 valence electrons. The smallest absolute Gasteiger partial charge is 0.359 e. The largest absolute Gasteiger partial charge is 0.461 e. The van der Waals surface area contributed by atoms with Crippen molar-refractivity contribution in [3.8, 4) is 5.95 Å². The van der Waals surface area contributed by atoms with E-state index in [0.29, 0.717) is 17.0 Å². The van der Waals surface area contributed by atoms with E-state index in [0.717, 1.165) is 11.0 Å². The van der Waals surface area contributed by atoms with Gasteiger partial charge < -0.3 is 9.72 Å². The van der Waals surface area contributed by atoms with Crippen molar-refractivity contribution in [3.63, 3.8) is 0 Å². The Morgan fingerprint density at radius 3 is 2.96 bits per heavy atom. The maximum atomic E-state index is 12.1. The van der Waals surface area contributed by atoms with Crippen molar-refractivity contribution >= 4 is 28.0 Å². The summed E-state index contributed by atoms with van der Waals surface area (Å²) in [6, 6.07) is 11.2. The molecule has 1 aromatic carbocycles. The number of para-hydroxylation sites is 2. The summed E-state index contributed by atoms with van der Waals surface area (Å²) in [5.74, 6) is 0.0332. The fourth-order valence-corrected chi connectivity index (χ4v) is 2.49. The Bertz CT molecular complexity index is 985. The van der Waals surface area contributed by atoms with Crippen molar-refractivity contribution in [1.82, 2.24) is 24.7 Å². The van der Waals surface area contributed by atoms with Crippen LogP contribution in [0.3, 0.4) is 0 Å². The van der Waals surface area contributed by atoms with Gasteiger partial charge in [0.1, 0.15) is 0 Å². The number of carbonyl (C=O) groups excluding carboxylic acids is 1. The summed E-state index contributed by atoms with van der Waals surface area (Å²) < 4.78 is 6.60. The number of fused-ring (bicyclic) bond motifs is 2. The van der Waals surface area contributed by atoms with Gasteiger partial charge in [-0.3, -0.25) is 0 Å². The van der Waals surface area contributed by atoms with Gasteiger partial charge in [0.15, 0.2) is 11.3 Å². The van der Waals surface area contributed by atoms with Gasteiger partial charge >= 0.3 is 5.97 Å². The average molecular weight is 307 g/mol. The molecule has 0 aliphatic rings. The molecule has 0 atom stereocenters. The van der Waals surface area contributed by atoms with E-state index in [2.05, 4.69) is 20.1 Å². The normalized spacial score (nSPS) is 11.2. The monoisotopic (exact) mass is 307 g/mol. The van der Waals surface area contributed by atoms with E-state index in [4.69, 9.17) is 4.74 Å². The molecule has 3 aromatic heterocycles. The van der Waals surface area contributed by atoms with Gasteiger partial charge in [-0.2, -0.15) is 9.78 Å². The van der Waals surface area contributed by atoms with Crippen LogP contribution in [0.25, 0.3) is 28.0 Å². The summed E-state index contributed by atoms with van der Waals surface area (Å²) in [4.78, 5) is 24.1. The molecule has 0 saturated carbocycles. The number of hydrogen-bond donors (Lipinski definition) is 1. The Morgan fingerprint density at radius 1 is 1.26 bits per heavy atom. The summed E-state index contributed by atoms with van der Waals surface area (Å²) >= 11 is 0. The summed E-state index contributed by atoms with van der Waals surface area (Å²) in [5.41, 5.74) is 2.49. The van der Waals surface area contributed by atoms with Gasteiger partial charge in [-0.25, -0.2) is 14.8 Å². The zero-order valence-electron chi connectivity index (χ0n) is 12.4. The molecule has 3 heterocycles. The van der Waals surface area contributed by atoms with E-state index in [1.54, 1.807) is 25.3 Å². The van der Waals surface area contributed by atoms with Crippen molar-refractivity contribution in [2.24, 2.45) is 0 Å². The molecule has 1 N–H and O–H groups in total. The van der Waals surface area contributed by atoms with Crippen LogP contribution in [0.2, 0.25) is 0 Å². The van der Waals surface area contributed by atoms with Gasteiger partial charge in [-0.15, -0.1) is 0 Å². The summed E-state index contributed by atoms with van der Waals surface area (Å²) in [5, 5.41) is 4.99. The van der Waals surface area contributed by atoms with Crippen molar-refractivity contribution < 1.29 is 9.53 Å². The standard InChI is InChI=1S/C16H13N5O2/c1-2-23-15(22)13-10-6-5-9-17-14(10)21(20-13)16-18-11-7-3-4-8-12(11)19-16/h3-9H,2H2,1H3,(H,18,19). The lowest BCUT2D eigenvalue weighted by atomic mass is 10.2. The first-order valence-corrected chi connectivity index (χ1v) is 7.24. The number of aromatic amines is 1. The molecule has 0 radical (unpaired) electrons. The second-order valence-electron chi connectivity index (χ2n) is 4.93. The number of nitrogens with zero attached hydrogens (tertiary/aromatic N) is 4. The molecule has 0 fully saturated rings. The molecule has 0 spiro atoms. The van der Waals surface area contributed by atoms with Crippen molar-refractivity contribution in [2.75, 3.05) is 6.61 Å². The molecular formula is C16H13N5O2. The van der Waals surface area contributed by atoms with Crippen molar-refractivity contribution in [3.05, 3.63) is 48.3 Å². The zero-order chi connectivity index (χ0) is 15.8. The number of H-pyrrole nitrogens is 1. The van der Waals surface area contributed by atoms with E-state index in [1.807, 2.05) is 24.3 Å². The Balaban J connectivity index is 1.94. The molecule has 0 unspecified atom stereocenters. The zero-order valence-corrected chi connectivity index (χ0v) is 12.4. The second-order valence-corrected chi connectivity index (χ2v) is 4.93. The molecule has 0 saturated heterocycles. The maximum absolute atomic E-state index is 12.1. The molecule has 7 nitrogen and oxygen atoms in total. The average Bonchev–Trinajstić information content (AvgIpc) is 3.16. The number of pyridine rings is 1. The highest BCUT2D eigenvalue weighted by Crippen LogP contribution is 2.21. The van der Waals surface area contributed by atoms with Crippen molar-refractivity contribution in [1.29, 1.82) is 0 Å². The second kappa shape index (κ2) is 5.20. The summed E-state index contributed by atoms with van der Waals surface area (Å²) in [7, 11) is 0. The van der Waals surface area contributed by atoms with Crippen LogP contribution in [0.1, 0.15) is 17.4 Å². The van der Waals surface area contributed by atoms with E-state index in [-0.39, 0.29) is 12.3 Å². The SMILES string of the molecule is CCOC(=O)c1nn(-c2nc3ccccc3[nH]2)c2ncccc12. The Labute approximate surface area is 130 Å². The van der Waals surface area contributed by atoms with E-state index in [9.17, 15) is 4.79 Å². The van der Waals surface area contributed by atoms with Crippen LogP contribution in [0.5, 0.6) is 0 Å². The molecule has 4 aromatic rings.